The highest BCUT2D eigenvalue weighted by Crippen LogP contribution is 2.39. The van der Waals surface area contributed by atoms with Gasteiger partial charge < -0.3 is 0 Å². The van der Waals surface area contributed by atoms with Crippen LogP contribution in [0, 0.1) is 5.92 Å². The molecule has 1 unspecified atom stereocenters. The van der Waals surface area contributed by atoms with Crippen molar-refractivity contribution in [1.82, 2.24) is 0 Å². The molecule has 1 saturated heterocycles. The molecule has 1 heteroatoms. The summed E-state index contributed by atoms with van der Waals surface area (Å²) < 4.78 is 0. The van der Waals surface area contributed by atoms with E-state index in [0.29, 0.717) is 0 Å². The molecule has 2 rings (SSSR count). The van der Waals surface area contributed by atoms with Crippen LogP contribution in [0.3, 0.4) is 0 Å². The van der Waals surface area contributed by atoms with E-state index >= 15 is 0 Å². The van der Waals surface area contributed by atoms with Gasteiger partial charge in [-0.1, -0.05) is 12.8 Å². The third-order valence-corrected chi connectivity index (χ3v) is 4.46. The van der Waals surface area contributed by atoms with Crippen molar-refractivity contribution in [1.29, 1.82) is 0 Å². The molecule has 1 atom stereocenters. The van der Waals surface area contributed by atoms with Gasteiger partial charge in [0.1, 0.15) is 0 Å². The van der Waals surface area contributed by atoms with E-state index in [2.05, 4.69) is 11.8 Å². The van der Waals surface area contributed by atoms with Crippen LogP contribution in [0.4, 0.5) is 0 Å². The van der Waals surface area contributed by atoms with E-state index in [1.165, 1.54) is 44.3 Å². The number of thioether (sulfide) groups is 1. The van der Waals surface area contributed by atoms with Crippen molar-refractivity contribution in [2.24, 2.45) is 5.92 Å². The number of hydrogen-bond donors (Lipinski definition) is 0. The zero-order chi connectivity index (χ0) is 6.81. The van der Waals surface area contributed by atoms with Gasteiger partial charge in [-0.3, -0.25) is 0 Å². The van der Waals surface area contributed by atoms with Crippen molar-refractivity contribution in [3.05, 3.63) is 0 Å². The van der Waals surface area contributed by atoms with Crippen molar-refractivity contribution in [2.45, 2.75) is 43.8 Å². The molecule has 0 radical (unpaired) electrons. The monoisotopic (exact) mass is 156 g/mol. The van der Waals surface area contributed by atoms with Crippen LogP contribution in [0.2, 0.25) is 0 Å². The summed E-state index contributed by atoms with van der Waals surface area (Å²) in [5, 5.41) is 1.07. The topological polar surface area (TPSA) is 0 Å². The highest BCUT2D eigenvalue weighted by Gasteiger charge is 2.27. The minimum absolute atomic E-state index is 1.07. The lowest BCUT2D eigenvalue weighted by Crippen LogP contribution is -2.09. The molecule has 0 nitrogen and oxygen atoms in total. The molecular formula is C9H16S. The van der Waals surface area contributed by atoms with E-state index in [1.54, 1.807) is 0 Å². The van der Waals surface area contributed by atoms with Gasteiger partial charge in [0.2, 0.25) is 0 Å². The average Bonchev–Trinajstić information content (AvgIpc) is 2.59. The summed E-state index contributed by atoms with van der Waals surface area (Å²) in [5.41, 5.74) is 0. The first kappa shape index (κ1) is 7.02. The molecule has 1 aliphatic carbocycles. The second-order valence-electron chi connectivity index (χ2n) is 3.60. The minimum atomic E-state index is 1.07. The average molecular weight is 156 g/mol. The highest BCUT2D eigenvalue weighted by atomic mass is 32.2. The SMILES string of the molecule is C1CCC(C2CCCS2)C1. The Morgan fingerprint density at radius 3 is 2.30 bits per heavy atom. The molecule has 58 valence electrons. The molecule has 0 aromatic rings. The standard InChI is InChI=1S/C9H16S/c1-2-5-8(4-1)9-6-3-7-10-9/h8-9H,1-7H2. The lowest BCUT2D eigenvalue weighted by molar-refractivity contribution is 0.509. The Balaban J connectivity index is 1.85. The van der Waals surface area contributed by atoms with Crippen molar-refractivity contribution in [2.75, 3.05) is 5.75 Å². The summed E-state index contributed by atoms with van der Waals surface area (Å²) in [6.07, 6.45) is 9.12. The molecule has 0 aromatic heterocycles. The lowest BCUT2D eigenvalue weighted by atomic mass is 10.0. The van der Waals surface area contributed by atoms with Crippen molar-refractivity contribution in [3.63, 3.8) is 0 Å². The fourth-order valence-electron chi connectivity index (χ4n) is 2.30. The van der Waals surface area contributed by atoms with E-state index in [-0.39, 0.29) is 0 Å². The zero-order valence-electron chi connectivity index (χ0n) is 6.51. The molecular weight excluding hydrogens is 140 g/mol. The molecule has 0 bridgehead atoms. The smallest absolute Gasteiger partial charge is 0.00756 e. The Morgan fingerprint density at radius 1 is 0.900 bits per heavy atom. The fraction of sp³-hybridized carbons (Fsp3) is 1.00. The van der Waals surface area contributed by atoms with Gasteiger partial charge in [-0.2, -0.15) is 11.8 Å². The maximum absolute atomic E-state index is 2.24. The molecule has 1 aliphatic heterocycles. The van der Waals surface area contributed by atoms with Crippen LogP contribution in [0.15, 0.2) is 0 Å². The number of hydrogen-bond acceptors (Lipinski definition) is 1. The van der Waals surface area contributed by atoms with Crippen LogP contribution < -0.4 is 0 Å². The fourth-order valence-corrected chi connectivity index (χ4v) is 3.82. The second kappa shape index (κ2) is 3.17. The molecule has 1 saturated carbocycles. The zero-order valence-corrected chi connectivity index (χ0v) is 7.33. The Hall–Kier alpha value is 0.350. The van der Waals surface area contributed by atoms with E-state index in [0.717, 1.165) is 11.2 Å². The first-order valence-corrected chi connectivity index (χ1v) is 5.63. The predicted molar refractivity (Wildman–Crippen MR) is 47.4 cm³/mol. The summed E-state index contributed by atoms with van der Waals surface area (Å²) >= 11 is 2.24. The molecule has 10 heavy (non-hydrogen) atoms. The third-order valence-electron chi connectivity index (χ3n) is 2.89. The van der Waals surface area contributed by atoms with Gasteiger partial charge >= 0.3 is 0 Å². The van der Waals surface area contributed by atoms with E-state index < -0.39 is 0 Å². The van der Waals surface area contributed by atoms with Gasteiger partial charge in [0.05, 0.1) is 0 Å². The van der Waals surface area contributed by atoms with Gasteiger partial charge in [-0.05, 0) is 37.4 Å². The molecule has 2 aliphatic rings. The first-order chi connectivity index (χ1) is 4.97. The molecule has 1 heterocycles. The largest absolute Gasteiger partial charge is 0.158 e. The molecule has 0 amide bonds. The Labute approximate surface area is 67.8 Å². The quantitative estimate of drug-likeness (QED) is 0.562. The van der Waals surface area contributed by atoms with Gasteiger partial charge in [-0.25, -0.2) is 0 Å². The van der Waals surface area contributed by atoms with Crippen LogP contribution in [0.5, 0.6) is 0 Å². The summed E-state index contributed by atoms with van der Waals surface area (Å²) in [6, 6.07) is 0. The first-order valence-electron chi connectivity index (χ1n) is 4.58. The normalized spacial score (nSPS) is 35.4. The summed E-state index contributed by atoms with van der Waals surface area (Å²) in [5.74, 6) is 2.56. The maximum Gasteiger partial charge on any atom is 0.00756 e. The maximum atomic E-state index is 2.24. The van der Waals surface area contributed by atoms with Crippen LogP contribution in [-0.2, 0) is 0 Å². The predicted octanol–water partition coefficient (Wildman–Crippen LogP) is 3.07. The van der Waals surface area contributed by atoms with Gasteiger partial charge in [0.15, 0.2) is 0 Å². The molecule has 0 spiro atoms. The lowest BCUT2D eigenvalue weighted by Gasteiger charge is -2.15. The van der Waals surface area contributed by atoms with Crippen LogP contribution >= 0.6 is 11.8 Å². The minimum Gasteiger partial charge on any atom is -0.158 e. The number of rotatable bonds is 1. The third kappa shape index (κ3) is 1.34. The molecule has 0 aromatic carbocycles. The van der Waals surface area contributed by atoms with Crippen LogP contribution in [0.1, 0.15) is 38.5 Å². The summed E-state index contributed by atoms with van der Waals surface area (Å²) in [7, 11) is 0. The Bertz CT molecular complexity index is 85.3. The summed E-state index contributed by atoms with van der Waals surface area (Å²) in [4.78, 5) is 0. The van der Waals surface area contributed by atoms with Gasteiger partial charge in [-0.15, -0.1) is 0 Å². The van der Waals surface area contributed by atoms with E-state index in [1.807, 2.05) is 0 Å². The van der Waals surface area contributed by atoms with Crippen molar-refractivity contribution in [3.8, 4) is 0 Å². The summed E-state index contributed by atoms with van der Waals surface area (Å²) in [6.45, 7) is 0. The second-order valence-corrected chi connectivity index (χ2v) is 4.94. The van der Waals surface area contributed by atoms with Gasteiger partial charge in [0.25, 0.3) is 0 Å². The van der Waals surface area contributed by atoms with Crippen molar-refractivity contribution >= 4 is 11.8 Å². The van der Waals surface area contributed by atoms with E-state index in [9.17, 15) is 0 Å². The molecule has 0 N–H and O–H groups in total. The Kier molecular flexibility index (Phi) is 2.22. The van der Waals surface area contributed by atoms with Crippen molar-refractivity contribution < 1.29 is 0 Å². The van der Waals surface area contributed by atoms with Crippen LogP contribution in [-0.4, -0.2) is 11.0 Å². The molecule has 2 fully saturated rings. The Morgan fingerprint density at radius 2 is 1.70 bits per heavy atom. The highest BCUT2D eigenvalue weighted by molar-refractivity contribution is 8.00. The van der Waals surface area contributed by atoms with Crippen LogP contribution in [0.25, 0.3) is 0 Å². The van der Waals surface area contributed by atoms with Gasteiger partial charge in [0, 0.05) is 5.25 Å². The van der Waals surface area contributed by atoms with E-state index in [4.69, 9.17) is 0 Å².